The van der Waals surface area contributed by atoms with Crippen molar-refractivity contribution in [2.75, 3.05) is 38.3 Å². The van der Waals surface area contributed by atoms with Crippen LogP contribution in [0.5, 0.6) is 0 Å². The lowest BCUT2D eigenvalue weighted by Crippen LogP contribution is -2.63. The molecule has 1 aromatic heterocycles. The highest BCUT2D eigenvalue weighted by atomic mass is 19.4. The molecule has 5 fully saturated rings. The molecule has 8 nitrogen and oxygen atoms in total. The number of alkyl halides is 3. The molecule has 3 aliphatic heterocycles. The Bertz CT molecular complexity index is 1050. The number of carbonyl (C=O) groups is 1. The third-order valence-corrected chi connectivity index (χ3v) is 9.92. The summed E-state index contributed by atoms with van der Waals surface area (Å²) in [4.78, 5) is 22.3. The van der Waals surface area contributed by atoms with Crippen molar-refractivity contribution in [3.8, 4) is 0 Å². The van der Waals surface area contributed by atoms with Crippen LogP contribution in [0.3, 0.4) is 0 Å². The van der Waals surface area contributed by atoms with E-state index in [1.54, 1.807) is 7.11 Å². The second-order valence-electron chi connectivity index (χ2n) is 11.9. The molecule has 11 heteroatoms. The number of carbonyl (C=O) groups excluding carboxylic acids is 1. The Hall–Kier alpha value is -1.95. The van der Waals surface area contributed by atoms with E-state index in [1.165, 1.54) is 6.20 Å². The second kappa shape index (κ2) is 9.60. The number of ether oxygens (including phenoxy) is 2. The summed E-state index contributed by atoms with van der Waals surface area (Å²) in [7, 11) is 1.69. The monoisotopic (exact) mass is 538 g/mol. The number of rotatable bonds is 6. The van der Waals surface area contributed by atoms with E-state index < -0.39 is 22.8 Å². The Morgan fingerprint density at radius 1 is 1.24 bits per heavy atom. The molecular formula is C27H37F3N4O4. The number of likely N-dealkylation sites (tertiary alicyclic amines) is 1. The fourth-order valence-electron chi connectivity index (χ4n) is 7.65. The lowest BCUT2D eigenvalue weighted by molar-refractivity contribution is -0.178. The standard InChI is InChI=1S/C27H37F3N4O4/c1-37-22-16-38-10-5-21(22)32-18-3-8-25(13-18,26(36)6-2-7-26)24(35)34-15-19-12-20(34)14-33(19)23-11-17(4-9-31-23)27(28,29)30/h4,9,11,18-22,32,36H,2-3,5-8,10,12-16H2,1H3/t18-,19-,20+,21+,22-,25-/m1/s1. The Labute approximate surface area is 220 Å². The third-order valence-electron chi connectivity index (χ3n) is 9.92. The highest BCUT2D eigenvalue weighted by Crippen LogP contribution is 2.57. The van der Waals surface area contributed by atoms with Crippen molar-refractivity contribution < 1.29 is 32.5 Å². The van der Waals surface area contributed by atoms with E-state index >= 15 is 0 Å². The molecule has 0 spiro atoms. The quantitative estimate of drug-likeness (QED) is 0.576. The number of nitrogens with one attached hydrogen (secondary N) is 1. The van der Waals surface area contributed by atoms with Crippen LogP contribution in [0.1, 0.15) is 56.9 Å². The number of halogens is 3. The predicted octanol–water partition coefficient (Wildman–Crippen LogP) is 2.74. The number of fused-ring (bicyclic) bond motifs is 2. The van der Waals surface area contributed by atoms with Crippen LogP contribution in [-0.2, 0) is 20.4 Å². The molecule has 4 heterocycles. The van der Waals surface area contributed by atoms with Gasteiger partial charge in [-0.3, -0.25) is 4.79 Å². The molecule has 2 aliphatic carbocycles. The van der Waals surface area contributed by atoms with Crippen LogP contribution >= 0.6 is 0 Å². The summed E-state index contributed by atoms with van der Waals surface area (Å²) in [5, 5.41) is 15.4. The number of amides is 1. The van der Waals surface area contributed by atoms with Gasteiger partial charge in [-0.2, -0.15) is 13.2 Å². The zero-order valence-corrected chi connectivity index (χ0v) is 21.8. The maximum atomic E-state index is 14.3. The van der Waals surface area contributed by atoms with Crippen LogP contribution in [0.15, 0.2) is 18.3 Å². The third kappa shape index (κ3) is 4.30. The van der Waals surface area contributed by atoms with Crippen molar-refractivity contribution >= 4 is 11.7 Å². The van der Waals surface area contributed by atoms with Gasteiger partial charge in [-0.1, -0.05) is 0 Å². The molecule has 0 aromatic carbocycles. The number of pyridine rings is 1. The summed E-state index contributed by atoms with van der Waals surface area (Å²) in [6.45, 7) is 2.12. The molecule has 3 saturated heterocycles. The zero-order valence-electron chi connectivity index (χ0n) is 21.8. The first-order valence-electron chi connectivity index (χ1n) is 13.8. The number of nitrogens with zero attached hydrogens (tertiary/aromatic N) is 3. The molecule has 210 valence electrons. The molecule has 2 N–H and O–H groups in total. The Balaban J connectivity index is 1.17. The van der Waals surface area contributed by atoms with Crippen molar-refractivity contribution in [3.05, 3.63) is 23.9 Å². The van der Waals surface area contributed by atoms with Gasteiger partial charge in [0.2, 0.25) is 5.91 Å². The first kappa shape index (κ1) is 26.3. The summed E-state index contributed by atoms with van der Waals surface area (Å²) in [6, 6.07) is 2.17. The largest absolute Gasteiger partial charge is 0.416 e. The molecule has 5 aliphatic rings. The fraction of sp³-hybridized carbons (Fsp3) is 0.778. The van der Waals surface area contributed by atoms with Gasteiger partial charge in [0, 0.05) is 45.1 Å². The Kier molecular flexibility index (Phi) is 6.64. The molecule has 1 amide bonds. The van der Waals surface area contributed by atoms with Gasteiger partial charge in [0.1, 0.15) is 5.82 Å². The summed E-state index contributed by atoms with van der Waals surface area (Å²) in [6.07, 6.45) is 2.49. The minimum Gasteiger partial charge on any atom is -0.389 e. The fourth-order valence-corrected chi connectivity index (χ4v) is 7.65. The smallest absolute Gasteiger partial charge is 0.389 e. The summed E-state index contributed by atoms with van der Waals surface area (Å²) >= 11 is 0. The van der Waals surface area contributed by atoms with E-state index in [4.69, 9.17) is 9.47 Å². The Morgan fingerprint density at radius 3 is 2.71 bits per heavy atom. The minimum atomic E-state index is -4.43. The topological polar surface area (TPSA) is 87.2 Å². The van der Waals surface area contributed by atoms with Crippen molar-refractivity contribution in [1.82, 2.24) is 15.2 Å². The molecule has 0 unspecified atom stereocenters. The van der Waals surface area contributed by atoms with E-state index in [0.717, 1.165) is 31.4 Å². The van der Waals surface area contributed by atoms with Crippen molar-refractivity contribution in [3.63, 3.8) is 0 Å². The van der Waals surface area contributed by atoms with Crippen LogP contribution in [0.2, 0.25) is 0 Å². The molecule has 38 heavy (non-hydrogen) atoms. The number of methoxy groups -OCH3 is 1. The van der Waals surface area contributed by atoms with E-state index in [1.807, 2.05) is 9.80 Å². The van der Waals surface area contributed by atoms with Crippen LogP contribution in [-0.4, -0.2) is 90.2 Å². The summed E-state index contributed by atoms with van der Waals surface area (Å²) < 4.78 is 50.9. The molecule has 2 bridgehead atoms. The first-order valence-corrected chi connectivity index (χ1v) is 13.8. The number of aliphatic hydroxyl groups is 1. The highest BCUT2D eigenvalue weighted by molar-refractivity contribution is 5.86. The SMILES string of the molecule is CO[C@@H]1COCC[C@@H]1N[C@@H]1CC[C@@](C(=O)N2C[C@H]3C[C@H]2CN3c2cc(C(F)(F)F)ccn2)(C2(O)CCC2)C1. The molecule has 6 rings (SSSR count). The van der Waals surface area contributed by atoms with Crippen molar-refractivity contribution in [2.24, 2.45) is 5.41 Å². The van der Waals surface area contributed by atoms with Gasteiger partial charge in [0.05, 0.1) is 41.4 Å². The van der Waals surface area contributed by atoms with E-state index in [2.05, 4.69) is 10.3 Å². The van der Waals surface area contributed by atoms with Crippen LogP contribution in [0.25, 0.3) is 0 Å². The van der Waals surface area contributed by atoms with Gasteiger partial charge in [0.25, 0.3) is 0 Å². The number of aromatic nitrogens is 1. The van der Waals surface area contributed by atoms with Gasteiger partial charge in [-0.15, -0.1) is 0 Å². The lowest BCUT2D eigenvalue weighted by atomic mass is 9.59. The van der Waals surface area contributed by atoms with Gasteiger partial charge in [-0.05, 0) is 63.5 Å². The van der Waals surface area contributed by atoms with Gasteiger partial charge in [-0.25, -0.2) is 4.98 Å². The van der Waals surface area contributed by atoms with Gasteiger partial charge >= 0.3 is 6.18 Å². The molecule has 0 radical (unpaired) electrons. The second-order valence-corrected chi connectivity index (χ2v) is 11.9. The molecule has 1 aromatic rings. The summed E-state index contributed by atoms with van der Waals surface area (Å²) in [5.41, 5.74) is -2.55. The number of hydrogen-bond donors (Lipinski definition) is 2. The minimum absolute atomic E-state index is 0.0171. The average Bonchev–Trinajstić information content (AvgIpc) is 3.62. The van der Waals surface area contributed by atoms with E-state index in [9.17, 15) is 23.1 Å². The number of piperazine rings is 1. The van der Waals surface area contributed by atoms with Gasteiger partial charge < -0.3 is 29.7 Å². The Morgan fingerprint density at radius 2 is 2.05 bits per heavy atom. The average molecular weight is 539 g/mol. The first-order chi connectivity index (χ1) is 18.1. The van der Waals surface area contributed by atoms with Crippen LogP contribution in [0.4, 0.5) is 19.0 Å². The molecular weight excluding hydrogens is 501 g/mol. The number of hydrogen-bond acceptors (Lipinski definition) is 7. The maximum absolute atomic E-state index is 14.3. The maximum Gasteiger partial charge on any atom is 0.416 e. The van der Waals surface area contributed by atoms with E-state index in [-0.39, 0.29) is 36.2 Å². The normalized spacial score (nSPS) is 36.5. The van der Waals surface area contributed by atoms with Crippen LogP contribution in [0, 0.1) is 5.41 Å². The molecule has 2 saturated carbocycles. The lowest BCUT2D eigenvalue weighted by Gasteiger charge is -2.52. The van der Waals surface area contributed by atoms with Gasteiger partial charge in [0.15, 0.2) is 0 Å². The molecule has 6 atom stereocenters. The zero-order chi connectivity index (χ0) is 26.7. The number of anilines is 1. The summed E-state index contributed by atoms with van der Waals surface area (Å²) in [5.74, 6) is 0.324. The van der Waals surface area contributed by atoms with Crippen molar-refractivity contribution in [2.45, 2.75) is 93.4 Å². The van der Waals surface area contributed by atoms with Crippen molar-refractivity contribution in [1.29, 1.82) is 0 Å². The van der Waals surface area contributed by atoms with E-state index in [0.29, 0.717) is 64.2 Å². The highest BCUT2D eigenvalue weighted by Gasteiger charge is 2.64. The predicted molar refractivity (Wildman–Crippen MR) is 133 cm³/mol. The van der Waals surface area contributed by atoms with Crippen LogP contribution < -0.4 is 10.2 Å².